The molecule has 1 heterocycles. The Morgan fingerprint density at radius 1 is 1.89 bits per heavy atom. The van der Waals surface area contributed by atoms with Gasteiger partial charge in [-0.05, 0) is 12.8 Å². The molecule has 0 aromatic heterocycles. The second-order valence-electron chi connectivity index (χ2n) is 1.99. The van der Waals surface area contributed by atoms with Crippen molar-refractivity contribution in [1.82, 2.24) is 0 Å². The number of carbonyl (C=O) groups excluding carboxylic acids is 2. The monoisotopic (exact) mass is 129 g/mol. The highest BCUT2D eigenvalue weighted by Gasteiger charge is 2.18. The van der Waals surface area contributed by atoms with Gasteiger partial charge in [-0.1, -0.05) is 0 Å². The standard InChI is InChI=1S/C6H8O3/c7-4-5-2-1-3-6(8)9-5/h4-5H,1-3H2/i4D. The van der Waals surface area contributed by atoms with E-state index in [1.807, 2.05) is 0 Å². The van der Waals surface area contributed by atoms with Crippen LogP contribution in [0.25, 0.3) is 0 Å². The number of aldehydes is 1. The van der Waals surface area contributed by atoms with Gasteiger partial charge in [0.2, 0.25) is 0 Å². The second kappa shape index (κ2) is 2.62. The lowest BCUT2D eigenvalue weighted by atomic mass is 10.1. The van der Waals surface area contributed by atoms with Crippen molar-refractivity contribution in [3.63, 3.8) is 0 Å². The van der Waals surface area contributed by atoms with Gasteiger partial charge in [-0.25, -0.2) is 0 Å². The van der Waals surface area contributed by atoms with Gasteiger partial charge < -0.3 is 4.74 Å². The molecule has 1 rings (SSSR count). The van der Waals surface area contributed by atoms with Crippen molar-refractivity contribution in [2.45, 2.75) is 25.4 Å². The Morgan fingerprint density at radius 3 is 3.11 bits per heavy atom. The molecule has 0 aromatic rings. The molecule has 50 valence electrons. The molecule has 0 aromatic carbocycles. The van der Waals surface area contributed by atoms with Crippen LogP contribution >= 0.6 is 0 Å². The summed E-state index contributed by atoms with van der Waals surface area (Å²) in [5, 5.41) is 0. The maximum Gasteiger partial charge on any atom is 0.306 e. The molecule has 0 spiro atoms. The first-order valence-electron chi connectivity index (χ1n) is 3.40. The van der Waals surface area contributed by atoms with Crippen LogP contribution in [-0.2, 0) is 14.3 Å². The van der Waals surface area contributed by atoms with Crippen molar-refractivity contribution >= 4 is 12.2 Å². The molecule has 0 bridgehead atoms. The number of ether oxygens (including phenoxy) is 1. The van der Waals surface area contributed by atoms with Crippen molar-refractivity contribution in [1.29, 1.82) is 0 Å². The number of hydrogen-bond acceptors (Lipinski definition) is 3. The molecule has 1 atom stereocenters. The van der Waals surface area contributed by atoms with E-state index in [2.05, 4.69) is 4.74 Å². The Morgan fingerprint density at radius 2 is 2.67 bits per heavy atom. The first kappa shape index (κ1) is 4.97. The summed E-state index contributed by atoms with van der Waals surface area (Å²) < 4.78 is 11.2. The van der Waals surface area contributed by atoms with Crippen LogP contribution in [0.5, 0.6) is 0 Å². The average Bonchev–Trinajstić information content (AvgIpc) is 1.88. The van der Waals surface area contributed by atoms with Gasteiger partial charge in [0.1, 0.15) is 1.37 Å². The second-order valence-corrected chi connectivity index (χ2v) is 1.99. The number of cyclic esters (lactones) is 1. The Labute approximate surface area is 54.4 Å². The van der Waals surface area contributed by atoms with Crippen LogP contribution in [-0.4, -0.2) is 18.3 Å². The molecule has 0 amide bonds. The summed E-state index contributed by atoms with van der Waals surface area (Å²) in [6.07, 6.45) is -0.0410. The molecule has 0 N–H and O–H groups in total. The molecule has 1 aliphatic heterocycles. The van der Waals surface area contributed by atoms with E-state index in [1.54, 1.807) is 0 Å². The van der Waals surface area contributed by atoms with Gasteiger partial charge in [0, 0.05) is 6.42 Å². The summed E-state index contributed by atoms with van der Waals surface area (Å²) >= 11 is 0. The summed E-state index contributed by atoms with van der Waals surface area (Å²) in [5.41, 5.74) is 0. The van der Waals surface area contributed by atoms with Gasteiger partial charge in [0.05, 0.1) is 0 Å². The van der Waals surface area contributed by atoms with Crippen molar-refractivity contribution in [3.8, 4) is 0 Å². The van der Waals surface area contributed by atoms with E-state index in [4.69, 9.17) is 1.37 Å². The van der Waals surface area contributed by atoms with E-state index in [9.17, 15) is 9.59 Å². The Kier molecular flexibility index (Phi) is 1.44. The minimum Gasteiger partial charge on any atom is -0.455 e. The van der Waals surface area contributed by atoms with Crippen molar-refractivity contribution in [2.75, 3.05) is 0 Å². The molecule has 0 radical (unpaired) electrons. The zero-order chi connectivity index (χ0) is 7.56. The third-order valence-electron chi connectivity index (χ3n) is 1.25. The van der Waals surface area contributed by atoms with Gasteiger partial charge in [-0.2, -0.15) is 0 Å². The van der Waals surface area contributed by atoms with Crippen molar-refractivity contribution in [2.24, 2.45) is 0 Å². The first-order chi connectivity index (χ1) is 4.70. The maximum atomic E-state index is 10.5. The van der Waals surface area contributed by atoms with E-state index in [0.717, 1.165) is 0 Å². The van der Waals surface area contributed by atoms with E-state index in [1.165, 1.54) is 0 Å². The molecule has 0 saturated carbocycles. The van der Waals surface area contributed by atoms with Crippen molar-refractivity contribution in [3.05, 3.63) is 0 Å². The van der Waals surface area contributed by atoms with Crippen LogP contribution in [0.3, 0.4) is 0 Å². The molecular weight excluding hydrogens is 120 g/mol. The fraction of sp³-hybridized carbons (Fsp3) is 0.667. The SMILES string of the molecule is [2H]C(=O)C1CCCC(=O)O1. The minimum atomic E-state index is -0.798. The lowest BCUT2D eigenvalue weighted by molar-refractivity contribution is -0.156. The summed E-state index contributed by atoms with van der Waals surface area (Å²) in [6.45, 7) is 0. The van der Waals surface area contributed by atoms with Crippen molar-refractivity contribution < 1.29 is 15.7 Å². The van der Waals surface area contributed by atoms with Crippen LogP contribution in [0.15, 0.2) is 0 Å². The highest BCUT2D eigenvalue weighted by atomic mass is 16.5. The Bertz CT molecular complexity index is 164. The number of carbonyl (C=O) groups is 2. The largest absolute Gasteiger partial charge is 0.455 e. The molecule has 0 aliphatic carbocycles. The Balaban J connectivity index is 2.47. The summed E-state index contributed by atoms with van der Waals surface area (Å²) in [6, 6.07) is 0. The smallest absolute Gasteiger partial charge is 0.306 e. The van der Waals surface area contributed by atoms with Crippen LogP contribution < -0.4 is 0 Å². The molecular formula is C6H8O3. The van der Waals surface area contributed by atoms with Crippen LogP contribution in [0, 0.1) is 0 Å². The fourth-order valence-electron chi connectivity index (χ4n) is 0.791. The summed E-state index contributed by atoms with van der Waals surface area (Å²) in [5.74, 6) is -0.364. The predicted octanol–water partition coefficient (Wildman–Crippen LogP) is 0.281. The number of esters is 1. The normalized spacial score (nSPS) is 28.7. The summed E-state index contributed by atoms with van der Waals surface area (Å²) in [7, 11) is 0. The van der Waals surface area contributed by atoms with Crippen LogP contribution in [0.1, 0.15) is 20.6 Å². The van der Waals surface area contributed by atoms with E-state index in [-0.39, 0.29) is 5.97 Å². The van der Waals surface area contributed by atoms with Gasteiger partial charge in [-0.15, -0.1) is 0 Å². The Hall–Kier alpha value is -0.860. The van der Waals surface area contributed by atoms with Gasteiger partial charge in [0.25, 0.3) is 0 Å². The molecule has 1 aliphatic rings. The fourth-order valence-corrected chi connectivity index (χ4v) is 0.791. The molecule has 9 heavy (non-hydrogen) atoms. The molecule has 1 unspecified atom stereocenters. The minimum absolute atomic E-state index is 0.364. The zero-order valence-electron chi connectivity index (χ0n) is 5.92. The molecule has 1 saturated heterocycles. The van der Waals surface area contributed by atoms with E-state index in [0.29, 0.717) is 19.3 Å². The van der Waals surface area contributed by atoms with Crippen LogP contribution in [0.4, 0.5) is 0 Å². The summed E-state index contributed by atoms with van der Waals surface area (Å²) in [4.78, 5) is 20.9. The molecule has 3 heteroatoms. The first-order valence-corrected chi connectivity index (χ1v) is 2.90. The third-order valence-corrected chi connectivity index (χ3v) is 1.25. The number of rotatable bonds is 1. The third kappa shape index (κ3) is 1.52. The van der Waals surface area contributed by atoms with Gasteiger partial charge >= 0.3 is 5.97 Å². The van der Waals surface area contributed by atoms with Gasteiger partial charge in [-0.3, -0.25) is 9.59 Å². The predicted molar refractivity (Wildman–Crippen MR) is 29.8 cm³/mol. The molecule has 1 fully saturated rings. The van der Waals surface area contributed by atoms with Gasteiger partial charge in [0.15, 0.2) is 12.4 Å². The highest BCUT2D eigenvalue weighted by Crippen LogP contribution is 2.11. The topological polar surface area (TPSA) is 43.4 Å². The average molecular weight is 129 g/mol. The van der Waals surface area contributed by atoms with Crippen LogP contribution in [0.2, 0.25) is 0 Å². The van der Waals surface area contributed by atoms with E-state index < -0.39 is 12.4 Å². The molecule has 3 nitrogen and oxygen atoms in total. The lowest BCUT2D eigenvalue weighted by Gasteiger charge is -2.16. The van der Waals surface area contributed by atoms with E-state index >= 15 is 0 Å². The number of hydrogen-bond donors (Lipinski definition) is 0. The maximum absolute atomic E-state index is 10.5. The quantitative estimate of drug-likeness (QED) is 0.377. The zero-order valence-corrected chi connectivity index (χ0v) is 4.92. The highest BCUT2D eigenvalue weighted by molar-refractivity contribution is 5.73. The lowest BCUT2D eigenvalue weighted by Crippen LogP contribution is -2.24.